The predicted molar refractivity (Wildman–Crippen MR) is 85.8 cm³/mol. The standard InChI is InChI=1S/C16H13N3O2S/c20-16(21)13-10-18-15(22-13)7-6-14-17-8-9-19(14)11-12-4-2-1-3-5-12/h1-10H,11H2,(H,20,21)/b7-6+. The van der Waals surface area contributed by atoms with Crippen molar-refractivity contribution >= 4 is 29.5 Å². The summed E-state index contributed by atoms with van der Waals surface area (Å²) in [6, 6.07) is 10.1. The maximum Gasteiger partial charge on any atom is 0.347 e. The third-order valence-corrected chi connectivity index (χ3v) is 4.00. The van der Waals surface area contributed by atoms with E-state index < -0.39 is 5.97 Å². The Morgan fingerprint density at radius 3 is 2.77 bits per heavy atom. The first-order valence-electron chi connectivity index (χ1n) is 6.64. The normalized spacial score (nSPS) is 11.1. The molecule has 6 heteroatoms. The van der Waals surface area contributed by atoms with Crippen LogP contribution in [0.2, 0.25) is 0 Å². The number of hydrogen-bond acceptors (Lipinski definition) is 4. The average Bonchev–Trinajstić information content (AvgIpc) is 3.15. The Balaban J connectivity index is 1.77. The van der Waals surface area contributed by atoms with Gasteiger partial charge in [-0.15, -0.1) is 11.3 Å². The summed E-state index contributed by atoms with van der Waals surface area (Å²) in [6.45, 7) is 0.735. The molecule has 0 fully saturated rings. The van der Waals surface area contributed by atoms with Crippen LogP contribution in [0.25, 0.3) is 12.2 Å². The molecule has 0 bridgehead atoms. The molecule has 2 aromatic heterocycles. The van der Waals surface area contributed by atoms with Crippen LogP contribution in [0.15, 0.2) is 48.9 Å². The van der Waals surface area contributed by atoms with E-state index in [0.717, 1.165) is 23.7 Å². The van der Waals surface area contributed by atoms with Crippen LogP contribution >= 0.6 is 11.3 Å². The van der Waals surface area contributed by atoms with Crippen molar-refractivity contribution in [3.63, 3.8) is 0 Å². The quantitative estimate of drug-likeness (QED) is 0.785. The number of nitrogens with zero attached hydrogens (tertiary/aromatic N) is 3. The number of carbonyl (C=O) groups is 1. The molecule has 0 saturated carbocycles. The molecule has 0 aliphatic heterocycles. The van der Waals surface area contributed by atoms with E-state index in [4.69, 9.17) is 5.11 Å². The summed E-state index contributed by atoms with van der Waals surface area (Å²) in [4.78, 5) is 19.4. The Bertz CT molecular complexity index is 806. The van der Waals surface area contributed by atoms with Gasteiger partial charge in [-0.05, 0) is 17.7 Å². The SMILES string of the molecule is O=C(O)c1cnc(/C=C/c2nccn2Cc2ccccc2)s1. The molecular formula is C16H13N3O2S. The molecule has 3 rings (SSSR count). The summed E-state index contributed by atoms with van der Waals surface area (Å²) in [7, 11) is 0. The largest absolute Gasteiger partial charge is 0.477 e. The van der Waals surface area contributed by atoms with E-state index in [1.165, 1.54) is 11.8 Å². The molecule has 0 saturated heterocycles. The molecule has 0 unspecified atom stereocenters. The first-order valence-corrected chi connectivity index (χ1v) is 7.46. The monoisotopic (exact) mass is 311 g/mol. The zero-order valence-corrected chi connectivity index (χ0v) is 12.4. The van der Waals surface area contributed by atoms with Crippen LogP contribution in [0.3, 0.4) is 0 Å². The smallest absolute Gasteiger partial charge is 0.347 e. The number of carboxylic acids is 1. The van der Waals surface area contributed by atoms with Crippen LogP contribution in [0.5, 0.6) is 0 Å². The molecule has 22 heavy (non-hydrogen) atoms. The third-order valence-electron chi connectivity index (χ3n) is 3.05. The first-order chi connectivity index (χ1) is 10.7. The molecule has 0 amide bonds. The van der Waals surface area contributed by atoms with E-state index in [0.29, 0.717) is 5.01 Å². The molecule has 1 aromatic carbocycles. The Kier molecular flexibility index (Phi) is 4.11. The van der Waals surface area contributed by atoms with E-state index >= 15 is 0 Å². The van der Waals surface area contributed by atoms with Crippen molar-refractivity contribution in [2.24, 2.45) is 0 Å². The fourth-order valence-electron chi connectivity index (χ4n) is 2.00. The van der Waals surface area contributed by atoms with Crippen LogP contribution in [0, 0.1) is 0 Å². The highest BCUT2D eigenvalue weighted by Crippen LogP contribution is 2.16. The topological polar surface area (TPSA) is 68.0 Å². The summed E-state index contributed by atoms with van der Waals surface area (Å²) in [6.07, 6.45) is 8.64. The van der Waals surface area contributed by atoms with Crippen molar-refractivity contribution in [1.82, 2.24) is 14.5 Å². The highest BCUT2D eigenvalue weighted by atomic mass is 32.1. The molecule has 0 spiro atoms. The lowest BCUT2D eigenvalue weighted by molar-refractivity contribution is 0.0702. The molecule has 0 aliphatic rings. The summed E-state index contributed by atoms with van der Waals surface area (Å²) >= 11 is 1.14. The number of aromatic nitrogens is 3. The lowest BCUT2D eigenvalue weighted by Crippen LogP contribution is -2.00. The second-order valence-electron chi connectivity index (χ2n) is 4.60. The molecule has 0 aliphatic carbocycles. The Morgan fingerprint density at radius 1 is 1.23 bits per heavy atom. The zero-order chi connectivity index (χ0) is 15.4. The van der Waals surface area contributed by atoms with Gasteiger partial charge in [0, 0.05) is 18.9 Å². The first kappa shape index (κ1) is 14.2. The molecule has 5 nitrogen and oxygen atoms in total. The van der Waals surface area contributed by atoms with Gasteiger partial charge in [0.2, 0.25) is 0 Å². The van der Waals surface area contributed by atoms with Gasteiger partial charge in [0.1, 0.15) is 15.7 Å². The summed E-state index contributed by atoms with van der Waals surface area (Å²) in [5.41, 5.74) is 1.19. The number of carboxylic acid groups (broad SMARTS) is 1. The van der Waals surface area contributed by atoms with Crippen LogP contribution in [0.4, 0.5) is 0 Å². The van der Waals surface area contributed by atoms with Gasteiger partial charge in [0.15, 0.2) is 0 Å². The van der Waals surface area contributed by atoms with E-state index in [9.17, 15) is 4.79 Å². The van der Waals surface area contributed by atoms with E-state index in [1.54, 1.807) is 12.3 Å². The number of hydrogen-bond donors (Lipinski definition) is 1. The van der Waals surface area contributed by atoms with Gasteiger partial charge >= 0.3 is 5.97 Å². The molecule has 110 valence electrons. The van der Waals surface area contributed by atoms with E-state index in [1.807, 2.05) is 35.0 Å². The van der Waals surface area contributed by atoms with E-state index in [2.05, 4.69) is 22.1 Å². The molecular weight excluding hydrogens is 298 g/mol. The Hall–Kier alpha value is -2.73. The highest BCUT2D eigenvalue weighted by Gasteiger charge is 2.07. The van der Waals surface area contributed by atoms with Crippen LogP contribution in [0.1, 0.15) is 26.1 Å². The van der Waals surface area contributed by atoms with Crippen molar-refractivity contribution in [2.45, 2.75) is 6.54 Å². The van der Waals surface area contributed by atoms with Crippen molar-refractivity contribution in [2.75, 3.05) is 0 Å². The number of aromatic carboxylic acids is 1. The molecule has 3 aromatic rings. The third kappa shape index (κ3) is 3.29. The maximum absolute atomic E-state index is 10.8. The van der Waals surface area contributed by atoms with Gasteiger partial charge in [-0.3, -0.25) is 0 Å². The van der Waals surface area contributed by atoms with Crippen molar-refractivity contribution < 1.29 is 9.90 Å². The number of imidazole rings is 1. The minimum atomic E-state index is -0.956. The summed E-state index contributed by atoms with van der Waals surface area (Å²) in [5, 5.41) is 9.53. The number of rotatable bonds is 5. The minimum absolute atomic E-state index is 0.229. The van der Waals surface area contributed by atoms with Crippen molar-refractivity contribution in [1.29, 1.82) is 0 Å². The van der Waals surface area contributed by atoms with Gasteiger partial charge in [-0.25, -0.2) is 14.8 Å². The lowest BCUT2D eigenvalue weighted by atomic mass is 10.2. The Morgan fingerprint density at radius 2 is 2.05 bits per heavy atom. The Labute approximate surface area is 131 Å². The lowest BCUT2D eigenvalue weighted by Gasteiger charge is -2.04. The van der Waals surface area contributed by atoms with Gasteiger partial charge in [-0.2, -0.15) is 0 Å². The van der Waals surface area contributed by atoms with E-state index in [-0.39, 0.29) is 4.88 Å². The summed E-state index contributed by atoms with van der Waals surface area (Å²) < 4.78 is 2.03. The van der Waals surface area contributed by atoms with Gasteiger partial charge in [-0.1, -0.05) is 30.3 Å². The second kappa shape index (κ2) is 6.36. The predicted octanol–water partition coefficient (Wildman–Crippen LogP) is 3.26. The van der Waals surface area contributed by atoms with Gasteiger partial charge in [0.25, 0.3) is 0 Å². The van der Waals surface area contributed by atoms with Gasteiger partial charge < -0.3 is 9.67 Å². The number of benzene rings is 1. The molecule has 0 atom stereocenters. The zero-order valence-electron chi connectivity index (χ0n) is 11.6. The van der Waals surface area contributed by atoms with Crippen molar-refractivity contribution in [3.05, 3.63) is 70.2 Å². The second-order valence-corrected chi connectivity index (χ2v) is 5.66. The maximum atomic E-state index is 10.8. The fourth-order valence-corrected chi connectivity index (χ4v) is 2.66. The number of thiazole rings is 1. The van der Waals surface area contributed by atoms with Crippen LogP contribution in [-0.4, -0.2) is 25.6 Å². The molecule has 0 radical (unpaired) electrons. The minimum Gasteiger partial charge on any atom is -0.477 e. The molecule has 1 N–H and O–H groups in total. The van der Waals surface area contributed by atoms with Crippen LogP contribution in [-0.2, 0) is 6.54 Å². The van der Waals surface area contributed by atoms with Gasteiger partial charge in [0.05, 0.1) is 6.20 Å². The fraction of sp³-hybridized carbons (Fsp3) is 0.0625. The van der Waals surface area contributed by atoms with Crippen LogP contribution < -0.4 is 0 Å². The summed E-state index contributed by atoms with van der Waals surface area (Å²) in [5.74, 6) is -0.154. The van der Waals surface area contributed by atoms with Crippen molar-refractivity contribution in [3.8, 4) is 0 Å². The highest BCUT2D eigenvalue weighted by molar-refractivity contribution is 7.14. The molecule has 2 heterocycles. The average molecular weight is 311 g/mol.